The van der Waals surface area contributed by atoms with Crippen LogP contribution in [0.1, 0.15) is 40.5 Å². The van der Waals surface area contributed by atoms with Crippen molar-refractivity contribution in [3.05, 3.63) is 47.3 Å². The minimum atomic E-state index is -3.61. The minimum absolute atomic E-state index is 0.176. The van der Waals surface area contributed by atoms with Crippen molar-refractivity contribution in [3.63, 3.8) is 0 Å². The van der Waals surface area contributed by atoms with E-state index < -0.39 is 16.0 Å². The van der Waals surface area contributed by atoms with Crippen LogP contribution < -0.4 is 0 Å². The van der Waals surface area contributed by atoms with E-state index in [9.17, 15) is 13.2 Å². The van der Waals surface area contributed by atoms with Crippen LogP contribution in [-0.4, -0.2) is 42.1 Å². The number of aromatic nitrogens is 2. The van der Waals surface area contributed by atoms with Crippen LogP contribution in [0.4, 0.5) is 0 Å². The molecule has 0 spiro atoms. The molecule has 2 aromatic rings. The first kappa shape index (κ1) is 16.3. The first-order valence-electron chi connectivity index (χ1n) is 8.24. The second-order valence-corrected chi connectivity index (χ2v) is 8.35. The van der Waals surface area contributed by atoms with Gasteiger partial charge in [0.15, 0.2) is 0 Å². The minimum Gasteiger partial charge on any atom is -0.465 e. The third-order valence-electron chi connectivity index (χ3n) is 4.69. The van der Waals surface area contributed by atoms with Gasteiger partial charge >= 0.3 is 5.97 Å². The number of sulfonamides is 1. The van der Waals surface area contributed by atoms with Gasteiger partial charge in [0.1, 0.15) is 0 Å². The Bertz CT molecular complexity index is 914. The summed E-state index contributed by atoms with van der Waals surface area (Å²) < 4.78 is 33.8. The van der Waals surface area contributed by atoms with Crippen molar-refractivity contribution in [2.75, 3.05) is 13.7 Å². The van der Waals surface area contributed by atoms with E-state index in [4.69, 9.17) is 0 Å². The topological polar surface area (TPSA) is 81.5 Å². The van der Waals surface area contributed by atoms with Crippen LogP contribution in [0, 0.1) is 0 Å². The number of hydrogen-bond acceptors (Lipinski definition) is 5. The summed E-state index contributed by atoms with van der Waals surface area (Å²) in [5.74, 6) is 0.0625. The Balaban J connectivity index is 1.56. The van der Waals surface area contributed by atoms with Gasteiger partial charge in [0.05, 0.1) is 42.0 Å². The number of nitrogens with zero attached hydrogens (tertiary/aromatic N) is 3. The molecule has 2 aliphatic rings. The van der Waals surface area contributed by atoms with Gasteiger partial charge in [-0.1, -0.05) is 0 Å². The van der Waals surface area contributed by atoms with Crippen LogP contribution >= 0.6 is 0 Å². The van der Waals surface area contributed by atoms with Crippen LogP contribution in [0.5, 0.6) is 0 Å². The Morgan fingerprint density at radius 2 is 1.92 bits per heavy atom. The van der Waals surface area contributed by atoms with Gasteiger partial charge in [-0.05, 0) is 43.2 Å². The van der Waals surface area contributed by atoms with Crippen LogP contribution in [0.25, 0.3) is 0 Å². The lowest BCUT2D eigenvalue weighted by Crippen LogP contribution is -2.38. The molecule has 2 heterocycles. The van der Waals surface area contributed by atoms with Gasteiger partial charge in [-0.25, -0.2) is 13.2 Å². The monoisotopic (exact) mass is 361 g/mol. The lowest BCUT2D eigenvalue weighted by molar-refractivity contribution is 0.0600. The van der Waals surface area contributed by atoms with Gasteiger partial charge in [0, 0.05) is 12.5 Å². The van der Waals surface area contributed by atoms with Crippen LogP contribution in [-0.2, 0) is 27.8 Å². The van der Waals surface area contributed by atoms with Crippen LogP contribution in [0.2, 0.25) is 0 Å². The van der Waals surface area contributed by atoms with E-state index in [0.717, 1.165) is 11.4 Å². The highest BCUT2D eigenvalue weighted by molar-refractivity contribution is 7.89. The summed E-state index contributed by atoms with van der Waals surface area (Å²) in [7, 11) is -2.32. The van der Waals surface area contributed by atoms with Gasteiger partial charge in [0.2, 0.25) is 10.0 Å². The van der Waals surface area contributed by atoms with Crippen molar-refractivity contribution >= 4 is 16.0 Å². The molecule has 0 unspecified atom stereocenters. The Morgan fingerprint density at radius 3 is 2.56 bits per heavy atom. The van der Waals surface area contributed by atoms with E-state index in [1.807, 2.05) is 10.7 Å². The van der Waals surface area contributed by atoms with Crippen molar-refractivity contribution in [3.8, 4) is 0 Å². The van der Waals surface area contributed by atoms with E-state index >= 15 is 0 Å². The molecule has 0 bridgehead atoms. The summed E-state index contributed by atoms with van der Waals surface area (Å²) in [6, 6.07) is 7.86. The number of methoxy groups -OCH3 is 1. The second-order valence-electron chi connectivity index (χ2n) is 6.41. The van der Waals surface area contributed by atoms with E-state index in [1.54, 1.807) is 0 Å². The summed E-state index contributed by atoms with van der Waals surface area (Å²) in [5, 5.41) is 4.59. The van der Waals surface area contributed by atoms with Crippen molar-refractivity contribution in [2.24, 2.45) is 0 Å². The molecule has 25 heavy (non-hydrogen) atoms. The zero-order chi connectivity index (χ0) is 17.6. The maximum absolute atomic E-state index is 12.9. The van der Waals surface area contributed by atoms with E-state index in [0.29, 0.717) is 31.1 Å². The largest absolute Gasteiger partial charge is 0.465 e. The number of esters is 1. The molecular formula is C17H19N3O4S. The van der Waals surface area contributed by atoms with Gasteiger partial charge < -0.3 is 4.74 Å². The van der Waals surface area contributed by atoms with Crippen molar-refractivity contribution in [1.29, 1.82) is 0 Å². The highest BCUT2D eigenvalue weighted by Gasteiger charge is 2.32. The van der Waals surface area contributed by atoms with E-state index in [-0.39, 0.29) is 4.90 Å². The predicted molar refractivity (Wildman–Crippen MR) is 89.6 cm³/mol. The fourth-order valence-electron chi connectivity index (χ4n) is 3.08. The standard InChI is InChI=1S/C17H19N3O4S/c1-24-17(21)13-4-6-15(7-5-13)25(22,23)19-8-9-20-14(11-19)10-16(18-20)12-2-3-12/h4-7,10,12H,2-3,8-9,11H2,1H3. The number of rotatable bonds is 4. The maximum atomic E-state index is 12.9. The molecule has 132 valence electrons. The average Bonchev–Trinajstić information content (AvgIpc) is 3.39. The predicted octanol–water partition coefficient (Wildman–Crippen LogP) is 1.75. The Hall–Kier alpha value is -2.19. The molecule has 1 aromatic heterocycles. The fraction of sp³-hybridized carbons (Fsp3) is 0.412. The van der Waals surface area contributed by atoms with Gasteiger partial charge in [0.25, 0.3) is 0 Å². The molecular weight excluding hydrogens is 342 g/mol. The highest BCUT2D eigenvalue weighted by atomic mass is 32.2. The molecule has 7 nitrogen and oxygen atoms in total. The summed E-state index contributed by atoms with van der Waals surface area (Å²) in [4.78, 5) is 11.7. The second kappa shape index (κ2) is 5.96. The van der Waals surface area contributed by atoms with E-state index in [2.05, 4.69) is 9.84 Å². The van der Waals surface area contributed by atoms with E-state index in [1.165, 1.54) is 48.5 Å². The fourth-order valence-corrected chi connectivity index (χ4v) is 4.48. The Kier molecular flexibility index (Phi) is 3.88. The highest BCUT2D eigenvalue weighted by Crippen LogP contribution is 2.40. The molecule has 0 N–H and O–H groups in total. The lowest BCUT2D eigenvalue weighted by atomic mass is 10.2. The first-order chi connectivity index (χ1) is 12.0. The van der Waals surface area contributed by atoms with Gasteiger partial charge in [-0.3, -0.25) is 4.68 Å². The number of benzene rings is 1. The Morgan fingerprint density at radius 1 is 1.20 bits per heavy atom. The van der Waals surface area contributed by atoms with Gasteiger partial charge in [-0.15, -0.1) is 0 Å². The first-order valence-corrected chi connectivity index (χ1v) is 9.68. The molecule has 0 radical (unpaired) electrons. The van der Waals surface area contributed by atoms with Crippen molar-refractivity contribution < 1.29 is 17.9 Å². The third kappa shape index (κ3) is 2.96. The zero-order valence-corrected chi connectivity index (χ0v) is 14.7. The third-order valence-corrected chi connectivity index (χ3v) is 6.55. The van der Waals surface area contributed by atoms with Crippen molar-refractivity contribution in [1.82, 2.24) is 14.1 Å². The summed E-state index contributed by atoms with van der Waals surface area (Å²) in [6.07, 6.45) is 2.34. The number of hydrogen-bond donors (Lipinski definition) is 0. The lowest BCUT2D eigenvalue weighted by Gasteiger charge is -2.27. The van der Waals surface area contributed by atoms with Crippen molar-refractivity contribution in [2.45, 2.75) is 36.7 Å². The van der Waals surface area contributed by atoms with Gasteiger partial charge in [-0.2, -0.15) is 9.40 Å². The van der Waals surface area contributed by atoms with Crippen LogP contribution in [0.3, 0.4) is 0 Å². The van der Waals surface area contributed by atoms with Crippen LogP contribution in [0.15, 0.2) is 35.2 Å². The maximum Gasteiger partial charge on any atom is 0.337 e. The zero-order valence-electron chi connectivity index (χ0n) is 13.9. The SMILES string of the molecule is COC(=O)c1ccc(S(=O)(=O)N2CCn3nc(C4CC4)cc3C2)cc1. The number of carbonyl (C=O) groups excluding carboxylic acids is 1. The molecule has 1 saturated carbocycles. The molecule has 4 rings (SSSR count). The summed E-state index contributed by atoms with van der Waals surface area (Å²) in [5.41, 5.74) is 2.34. The summed E-state index contributed by atoms with van der Waals surface area (Å²) >= 11 is 0. The molecule has 8 heteroatoms. The molecule has 1 aromatic carbocycles. The molecule has 1 aliphatic heterocycles. The molecule has 0 amide bonds. The Labute approximate surface area is 146 Å². The number of carbonyl (C=O) groups is 1. The molecule has 1 fully saturated rings. The number of ether oxygens (including phenoxy) is 1. The molecule has 1 aliphatic carbocycles. The quantitative estimate of drug-likeness (QED) is 0.775. The normalized spacial score (nSPS) is 18.0. The molecule has 0 atom stereocenters. The molecule has 0 saturated heterocycles. The summed E-state index contributed by atoms with van der Waals surface area (Å²) in [6.45, 7) is 1.27. The average molecular weight is 361 g/mol. The smallest absolute Gasteiger partial charge is 0.337 e. The number of fused-ring (bicyclic) bond motifs is 1.